The molecule has 0 aromatic heterocycles. The molecule has 2 aromatic rings. The topological polar surface area (TPSA) is 66.6 Å². The number of fused-ring (bicyclic) bond motifs is 1. The van der Waals surface area contributed by atoms with Gasteiger partial charge in [-0.25, -0.2) is 0 Å². The molecule has 0 aliphatic rings. The number of rotatable bonds is 6. The van der Waals surface area contributed by atoms with Crippen LogP contribution in [0.4, 0.5) is 5.69 Å². The summed E-state index contributed by atoms with van der Waals surface area (Å²) >= 11 is 0. The molecule has 3 N–H and O–H groups in total. The van der Waals surface area contributed by atoms with Gasteiger partial charge in [-0.15, -0.1) is 0 Å². The Hall–Kier alpha value is -2.07. The number of benzene rings is 2. The molecule has 0 amide bonds. The van der Waals surface area contributed by atoms with Crippen LogP contribution in [-0.4, -0.2) is 30.2 Å². The lowest BCUT2D eigenvalue weighted by atomic mass is 10.1. The van der Waals surface area contributed by atoms with Gasteiger partial charge in [0.05, 0.1) is 0 Å². The average molecular weight is 272 g/mol. The van der Waals surface area contributed by atoms with Crippen molar-refractivity contribution in [3.63, 3.8) is 0 Å². The minimum Gasteiger partial charge on any atom is -0.480 e. The molecule has 0 saturated carbocycles. The molecule has 0 spiro atoms. The molecule has 2 rings (SSSR count). The zero-order valence-corrected chi connectivity index (χ0v) is 11.6. The molecule has 106 valence electrons. The van der Waals surface area contributed by atoms with Crippen LogP contribution in [-0.2, 0) is 4.79 Å². The maximum Gasteiger partial charge on any atom is 0.320 e. The van der Waals surface area contributed by atoms with E-state index in [4.69, 9.17) is 10.8 Å². The van der Waals surface area contributed by atoms with Crippen molar-refractivity contribution >= 4 is 22.4 Å². The Balaban J connectivity index is 2.23. The van der Waals surface area contributed by atoms with Gasteiger partial charge in [-0.2, -0.15) is 0 Å². The summed E-state index contributed by atoms with van der Waals surface area (Å²) in [6.07, 6.45) is 0.437. The van der Waals surface area contributed by atoms with Crippen LogP contribution in [0.5, 0.6) is 0 Å². The number of aliphatic carboxylic acids is 1. The van der Waals surface area contributed by atoms with Crippen molar-refractivity contribution < 1.29 is 9.90 Å². The largest absolute Gasteiger partial charge is 0.480 e. The van der Waals surface area contributed by atoms with Gasteiger partial charge >= 0.3 is 5.97 Å². The second kappa shape index (κ2) is 6.39. The summed E-state index contributed by atoms with van der Waals surface area (Å²) in [5.41, 5.74) is 6.71. The Bertz CT molecular complexity index is 593. The number of carboxylic acids is 1. The molecule has 0 radical (unpaired) electrons. The summed E-state index contributed by atoms with van der Waals surface area (Å²) < 4.78 is 0. The summed E-state index contributed by atoms with van der Waals surface area (Å²) in [5, 5.41) is 11.2. The van der Waals surface area contributed by atoms with E-state index in [1.54, 1.807) is 0 Å². The van der Waals surface area contributed by atoms with Gasteiger partial charge in [0.25, 0.3) is 0 Å². The minimum atomic E-state index is -0.945. The lowest BCUT2D eigenvalue weighted by Crippen LogP contribution is -2.35. The number of anilines is 1. The number of nitrogens with two attached hydrogens (primary N) is 1. The van der Waals surface area contributed by atoms with Crippen LogP contribution in [0.1, 0.15) is 13.3 Å². The molecular formula is C16H20N2O2. The number of carbonyl (C=O) groups is 1. The summed E-state index contributed by atoms with van der Waals surface area (Å²) in [5.74, 6) is -0.945. The summed E-state index contributed by atoms with van der Waals surface area (Å²) in [6, 6.07) is 13.6. The molecule has 1 atom stereocenters. The van der Waals surface area contributed by atoms with Gasteiger partial charge in [0.15, 0.2) is 0 Å². The summed E-state index contributed by atoms with van der Waals surface area (Å²) in [6.45, 7) is 3.52. The van der Waals surface area contributed by atoms with Gasteiger partial charge in [0, 0.05) is 24.2 Å². The van der Waals surface area contributed by atoms with Crippen LogP contribution >= 0.6 is 0 Å². The molecule has 0 aliphatic carbocycles. The number of carboxylic acid groups (broad SMARTS) is 1. The zero-order valence-electron chi connectivity index (χ0n) is 11.6. The van der Waals surface area contributed by atoms with E-state index >= 15 is 0 Å². The Labute approximate surface area is 118 Å². The highest BCUT2D eigenvalue weighted by Gasteiger charge is 2.14. The number of hydrogen-bond donors (Lipinski definition) is 2. The summed E-state index contributed by atoms with van der Waals surface area (Å²) in [4.78, 5) is 13.0. The predicted molar refractivity (Wildman–Crippen MR) is 82.1 cm³/mol. The van der Waals surface area contributed by atoms with Gasteiger partial charge < -0.3 is 15.7 Å². The van der Waals surface area contributed by atoms with E-state index < -0.39 is 12.0 Å². The van der Waals surface area contributed by atoms with E-state index in [-0.39, 0.29) is 0 Å². The first-order valence-electron chi connectivity index (χ1n) is 6.84. The SMILES string of the molecule is CCN(CCC(N)C(=O)O)c1cccc2ccccc12. The normalized spacial score (nSPS) is 12.3. The lowest BCUT2D eigenvalue weighted by molar-refractivity contribution is -0.138. The van der Waals surface area contributed by atoms with Crippen LogP contribution in [0.3, 0.4) is 0 Å². The van der Waals surface area contributed by atoms with Gasteiger partial charge in [0.2, 0.25) is 0 Å². The standard InChI is InChI=1S/C16H20N2O2/c1-2-18(11-10-14(17)16(19)20)15-9-5-7-12-6-3-4-8-13(12)15/h3-9,14H,2,10-11,17H2,1H3,(H,19,20). The second-order valence-corrected chi connectivity index (χ2v) is 4.81. The first-order chi connectivity index (χ1) is 9.63. The quantitative estimate of drug-likeness (QED) is 0.847. The first kappa shape index (κ1) is 14.3. The Morgan fingerprint density at radius 1 is 1.25 bits per heavy atom. The monoisotopic (exact) mass is 272 g/mol. The highest BCUT2D eigenvalue weighted by molar-refractivity contribution is 5.94. The van der Waals surface area contributed by atoms with Gasteiger partial charge in [-0.1, -0.05) is 36.4 Å². The fourth-order valence-electron chi connectivity index (χ4n) is 2.35. The van der Waals surface area contributed by atoms with Gasteiger partial charge in [-0.3, -0.25) is 4.79 Å². The Kier molecular flexibility index (Phi) is 4.58. The van der Waals surface area contributed by atoms with Crippen molar-refractivity contribution in [2.45, 2.75) is 19.4 Å². The van der Waals surface area contributed by atoms with Crippen molar-refractivity contribution in [1.82, 2.24) is 0 Å². The molecular weight excluding hydrogens is 252 g/mol. The van der Waals surface area contributed by atoms with Crippen molar-refractivity contribution in [2.75, 3.05) is 18.0 Å². The van der Waals surface area contributed by atoms with Crippen molar-refractivity contribution in [3.8, 4) is 0 Å². The molecule has 0 heterocycles. The van der Waals surface area contributed by atoms with E-state index in [0.29, 0.717) is 13.0 Å². The fourth-order valence-corrected chi connectivity index (χ4v) is 2.35. The average Bonchev–Trinajstić information content (AvgIpc) is 2.47. The van der Waals surface area contributed by atoms with E-state index in [9.17, 15) is 4.79 Å². The predicted octanol–water partition coefficient (Wildman–Crippen LogP) is 2.47. The highest BCUT2D eigenvalue weighted by Crippen LogP contribution is 2.26. The second-order valence-electron chi connectivity index (χ2n) is 4.81. The molecule has 4 nitrogen and oxygen atoms in total. The zero-order chi connectivity index (χ0) is 14.5. The van der Waals surface area contributed by atoms with E-state index in [2.05, 4.69) is 36.1 Å². The molecule has 20 heavy (non-hydrogen) atoms. The van der Waals surface area contributed by atoms with Crippen molar-refractivity contribution in [3.05, 3.63) is 42.5 Å². The smallest absolute Gasteiger partial charge is 0.320 e. The molecule has 0 fully saturated rings. The van der Waals surface area contributed by atoms with Crippen molar-refractivity contribution in [1.29, 1.82) is 0 Å². The maximum absolute atomic E-state index is 10.8. The van der Waals surface area contributed by atoms with Gasteiger partial charge in [0.1, 0.15) is 6.04 Å². The van der Waals surface area contributed by atoms with Crippen LogP contribution in [0, 0.1) is 0 Å². The minimum absolute atomic E-state index is 0.437. The third kappa shape index (κ3) is 3.08. The molecule has 4 heteroatoms. The molecule has 0 bridgehead atoms. The van der Waals surface area contributed by atoms with Crippen molar-refractivity contribution in [2.24, 2.45) is 5.73 Å². The number of hydrogen-bond acceptors (Lipinski definition) is 3. The lowest BCUT2D eigenvalue weighted by Gasteiger charge is -2.25. The summed E-state index contributed by atoms with van der Waals surface area (Å²) in [7, 11) is 0. The van der Waals surface area contributed by atoms with E-state index in [1.165, 1.54) is 10.8 Å². The van der Waals surface area contributed by atoms with Gasteiger partial charge in [-0.05, 0) is 24.8 Å². The Morgan fingerprint density at radius 3 is 2.65 bits per heavy atom. The first-order valence-corrected chi connectivity index (χ1v) is 6.84. The van der Waals surface area contributed by atoms with E-state index in [1.807, 2.05) is 18.2 Å². The molecule has 2 aromatic carbocycles. The van der Waals surface area contributed by atoms with Crippen LogP contribution in [0.15, 0.2) is 42.5 Å². The van der Waals surface area contributed by atoms with Crippen LogP contribution < -0.4 is 10.6 Å². The fraction of sp³-hybridized carbons (Fsp3) is 0.312. The van der Waals surface area contributed by atoms with Crippen LogP contribution in [0.25, 0.3) is 10.8 Å². The van der Waals surface area contributed by atoms with Crippen LogP contribution in [0.2, 0.25) is 0 Å². The molecule has 1 unspecified atom stereocenters. The third-order valence-electron chi connectivity index (χ3n) is 3.52. The Morgan fingerprint density at radius 2 is 1.95 bits per heavy atom. The third-order valence-corrected chi connectivity index (χ3v) is 3.52. The maximum atomic E-state index is 10.8. The number of nitrogens with zero attached hydrogens (tertiary/aromatic N) is 1. The van der Waals surface area contributed by atoms with E-state index in [0.717, 1.165) is 12.2 Å². The highest BCUT2D eigenvalue weighted by atomic mass is 16.4. The molecule has 0 saturated heterocycles. The molecule has 0 aliphatic heterocycles.